The standard InChI is InChI=1S/C14H7Cl2F5N2/c1-23-11(9(6-22)10(15)12(23)16)7-2-4-8(5-3-7)13(17,18)14(19,20)21/h2-5H,1H3. The zero-order valence-electron chi connectivity index (χ0n) is 11.3. The predicted molar refractivity (Wildman–Crippen MR) is 75.5 cm³/mol. The number of nitrogens with zero attached hydrogens (tertiary/aromatic N) is 2. The fourth-order valence-corrected chi connectivity index (χ4v) is 2.50. The van der Waals surface area contributed by atoms with Gasteiger partial charge in [-0.1, -0.05) is 47.5 Å². The van der Waals surface area contributed by atoms with E-state index in [0.29, 0.717) is 12.1 Å². The molecule has 9 heteroatoms. The van der Waals surface area contributed by atoms with Crippen LogP contribution in [0.15, 0.2) is 24.3 Å². The second kappa shape index (κ2) is 5.69. The molecule has 2 aromatic rings. The molecule has 0 saturated carbocycles. The average molecular weight is 369 g/mol. The number of benzene rings is 1. The SMILES string of the molecule is Cn1c(Cl)c(Cl)c(C#N)c1-c1ccc(C(F)(F)C(F)(F)F)cc1. The largest absolute Gasteiger partial charge is 0.458 e. The number of alkyl halides is 5. The Bertz CT molecular complexity index is 785. The van der Waals surface area contributed by atoms with Crippen molar-refractivity contribution < 1.29 is 22.0 Å². The zero-order valence-corrected chi connectivity index (χ0v) is 12.9. The van der Waals surface area contributed by atoms with E-state index in [1.54, 1.807) is 0 Å². The summed E-state index contributed by atoms with van der Waals surface area (Å²) in [5.74, 6) is -4.97. The Morgan fingerprint density at radius 1 is 1.04 bits per heavy atom. The Hall–Kier alpha value is -1.78. The van der Waals surface area contributed by atoms with Crippen molar-refractivity contribution in [1.29, 1.82) is 5.26 Å². The molecule has 0 aliphatic carbocycles. The third kappa shape index (κ3) is 2.77. The van der Waals surface area contributed by atoms with E-state index >= 15 is 0 Å². The van der Waals surface area contributed by atoms with Crippen LogP contribution in [0.2, 0.25) is 10.2 Å². The van der Waals surface area contributed by atoms with Gasteiger partial charge in [-0.25, -0.2) is 0 Å². The monoisotopic (exact) mass is 368 g/mol. The first-order valence-electron chi connectivity index (χ1n) is 6.01. The van der Waals surface area contributed by atoms with Crippen LogP contribution in [0.1, 0.15) is 11.1 Å². The summed E-state index contributed by atoms with van der Waals surface area (Å²) in [7, 11) is 1.49. The topological polar surface area (TPSA) is 28.7 Å². The lowest BCUT2D eigenvalue weighted by Gasteiger charge is -2.20. The molecule has 122 valence electrons. The van der Waals surface area contributed by atoms with Gasteiger partial charge in [0, 0.05) is 12.6 Å². The van der Waals surface area contributed by atoms with Gasteiger partial charge in [-0.3, -0.25) is 0 Å². The molecule has 0 amide bonds. The Kier molecular flexibility index (Phi) is 4.35. The lowest BCUT2D eigenvalue weighted by Crippen LogP contribution is -2.33. The molecular weight excluding hydrogens is 362 g/mol. The molecule has 1 aromatic heterocycles. The van der Waals surface area contributed by atoms with E-state index in [1.807, 2.05) is 6.07 Å². The van der Waals surface area contributed by atoms with Crippen molar-refractivity contribution in [2.75, 3.05) is 0 Å². The van der Waals surface area contributed by atoms with Gasteiger partial charge in [0.25, 0.3) is 0 Å². The zero-order chi connectivity index (χ0) is 17.6. The maximum Gasteiger partial charge on any atom is 0.458 e. The summed E-state index contributed by atoms with van der Waals surface area (Å²) < 4.78 is 64.9. The molecular formula is C14H7Cl2F5N2. The van der Waals surface area contributed by atoms with Gasteiger partial charge >= 0.3 is 12.1 Å². The minimum atomic E-state index is -5.69. The summed E-state index contributed by atoms with van der Waals surface area (Å²) in [4.78, 5) is 0. The number of hydrogen-bond donors (Lipinski definition) is 0. The highest BCUT2D eigenvalue weighted by Crippen LogP contribution is 2.44. The van der Waals surface area contributed by atoms with Gasteiger partial charge in [-0.15, -0.1) is 0 Å². The Morgan fingerprint density at radius 2 is 1.57 bits per heavy atom. The maximum absolute atomic E-state index is 13.3. The first-order valence-corrected chi connectivity index (χ1v) is 6.77. The van der Waals surface area contributed by atoms with Crippen LogP contribution in [0.4, 0.5) is 22.0 Å². The van der Waals surface area contributed by atoms with Crippen LogP contribution in [-0.2, 0) is 13.0 Å². The summed E-state index contributed by atoms with van der Waals surface area (Å²) in [5, 5.41) is 9.15. The second-order valence-electron chi connectivity index (χ2n) is 4.65. The molecule has 23 heavy (non-hydrogen) atoms. The highest BCUT2D eigenvalue weighted by Gasteiger charge is 2.58. The molecule has 0 fully saturated rings. The summed E-state index contributed by atoms with van der Waals surface area (Å²) in [5.41, 5.74) is -0.725. The van der Waals surface area contributed by atoms with Crippen molar-refractivity contribution in [2.24, 2.45) is 7.05 Å². The fraction of sp³-hybridized carbons (Fsp3) is 0.214. The summed E-state index contributed by atoms with van der Waals surface area (Å²) in [6.07, 6.45) is -5.69. The first-order chi connectivity index (χ1) is 10.5. The molecule has 2 nitrogen and oxygen atoms in total. The third-order valence-electron chi connectivity index (χ3n) is 3.26. The number of halogens is 7. The third-order valence-corrected chi connectivity index (χ3v) is 4.16. The summed E-state index contributed by atoms with van der Waals surface area (Å²) >= 11 is 11.8. The van der Waals surface area contributed by atoms with Gasteiger partial charge in [-0.2, -0.15) is 27.2 Å². The highest BCUT2D eigenvalue weighted by atomic mass is 35.5. The van der Waals surface area contributed by atoms with Crippen molar-refractivity contribution >= 4 is 23.2 Å². The van der Waals surface area contributed by atoms with Gasteiger partial charge in [0.2, 0.25) is 0 Å². The van der Waals surface area contributed by atoms with Crippen molar-refractivity contribution in [2.45, 2.75) is 12.1 Å². The summed E-state index contributed by atoms with van der Waals surface area (Å²) in [6.45, 7) is 0. The summed E-state index contributed by atoms with van der Waals surface area (Å²) in [6, 6.07) is 5.24. The van der Waals surface area contributed by atoms with Gasteiger partial charge in [0.1, 0.15) is 11.2 Å². The normalized spacial score (nSPS) is 12.3. The molecule has 0 aliphatic rings. The number of hydrogen-bond acceptors (Lipinski definition) is 1. The predicted octanol–water partition coefficient (Wildman–Crippen LogP) is 5.52. The molecule has 0 unspecified atom stereocenters. The van der Waals surface area contributed by atoms with Crippen LogP contribution < -0.4 is 0 Å². The van der Waals surface area contributed by atoms with Gasteiger partial charge < -0.3 is 4.57 Å². The van der Waals surface area contributed by atoms with E-state index in [2.05, 4.69) is 0 Å². The van der Waals surface area contributed by atoms with Crippen LogP contribution in [0.5, 0.6) is 0 Å². The molecule has 1 heterocycles. The van der Waals surface area contributed by atoms with Crippen molar-refractivity contribution in [1.82, 2.24) is 4.57 Å². The quantitative estimate of drug-likeness (QED) is 0.641. The number of rotatable bonds is 2. The number of aromatic nitrogens is 1. The first kappa shape index (κ1) is 17.6. The molecule has 0 spiro atoms. The minimum absolute atomic E-state index is 0.00879. The van der Waals surface area contributed by atoms with E-state index in [-0.39, 0.29) is 27.0 Å². The fourth-order valence-electron chi connectivity index (χ4n) is 2.06. The van der Waals surface area contributed by atoms with E-state index in [9.17, 15) is 22.0 Å². The molecule has 2 rings (SSSR count). The average Bonchev–Trinajstić information content (AvgIpc) is 2.70. The molecule has 1 aromatic carbocycles. The van der Waals surface area contributed by atoms with Crippen LogP contribution in [0.3, 0.4) is 0 Å². The smallest absolute Gasteiger partial charge is 0.332 e. The molecule has 0 radical (unpaired) electrons. The van der Waals surface area contributed by atoms with Crippen molar-refractivity contribution in [3.05, 3.63) is 45.6 Å². The van der Waals surface area contributed by atoms with E-state index in [0.717, 1.165) is 12.1 Å². The van der Waals surface area contributed by atoms with Crippen molar-refractivity contribution in [3.8, 4) is 17.3 Å². The van der Waals surface area contributed by atoms with Gasteiger partial charge in [-0.05, 0) is 5.56 Å². The molecule has 0 atom stereocenters. The van der Waals surface area contributed by atoms with Crippen LogP contribution in [0.25, 0.3) is 11.3 Å². The minimum Gasteiger partial charge on any atom is -0.332 e. The molecule has 0 saturated heterocycles. The van der Waals surface area contributed by atoms with Crippen LogP contribution in [-0.4, -0.2) is 10.7 Å². The van der Waals surface area contributed by atoms with Crippen LogP contribution in [0, 0.1) is 11.3 Å². The molecule has 0 bridgehead atoms. The lowest BCUT2D eigenvalue weighted by atomic mass is 10.0. The van der Waals surface area contributed by atoms with E-state index in [4.69, 9.17) is 28.5 Å². The van der Waals surface area contributed by atoms with Gasteiger partial charge in [0.05, 0.1) is 16.3 Å². The van der Waals surface area contributed by atoms with E-state index in [1.165, 1.54) is 11.6 Å². The van der Waals surface area contributed by atoms with Gasteiger partial charge in [0.15, 0.2) is 0 Å². The Labute approximate surface area is 137 Å². The molecule has 0 N–H and O–H groups in total. The Morgan fingerprint density at radius 3 is 2.00 bits per heavy atom. The maximum atomic E-state index is 13.3. The Balaban J connectivity index is 2.55. The molecule has 0 aliphatic heterocycles. The second-order valence-corrected chi connectivity index (χ2v) is 5.38. The number of nitriles is 1. The highest BCUT2D eigenvalue weighted by molar-refractivity contribution is 6.42. The van der Waals surface area contributed by atoms with Crippen LogP contribution >= 0.6 is 23.2 Å². The van der Waals surface area contributed by atoms with E-state index < -0.39 is 17.7 Å². The van der Waals surface area contributed by atoms with Crippen molar-refractivity contribution in [3.63, 3.8) is 0 Å². The lowest BCUT2D eigenvalue weighted by molar-refractivity contribution is -0.289.